The van der Waals surface area contributed by atoms with Crippen LogP contribution in [0.3, 0.4) is 0 Å². The number of benzene rings is 2. The van der Waals surface area contributed by atoms with E-state index in [1.54, 1.807) is 30.7 Å². The van der Waals surface area contributed by atoms with Gasteiger partial charge in [-0.2, -0.15) is 0 Å². The van der Waals surface area contributed by atoms with Crippen LogP contribution in [0.4, 0.5) is 26.1 Å². The van der Waals surface area contributed by atoms with Gasteiger partial charge in [0.2, 0.25) is 11.9 Å². The van der Waals surface area contributed by atoms with E-state index in [9.17, 15) is 13.6 Å². The number of hydrogen-bond donors (Lipinski definition) is 4. The maximum atomic E-state index is 15.0. The van der Waals surface area contributed by atoms with E-state index in [2.05, 4.69) is 42.7 Å². The number of hydrogen-bond acceptors (Lipinski definition) is 7. The van der Waals surface area contributed by atoms with Crippen molar-refractivity contribution in [2.24, 2.45) is 0 Å². The van der Waals surface area contributed by atoms with Crippen LogP contribution in [0.2, 0.25) is 0 Å². The lowest BCUT2D eigenvalue weighted by Crippen LogP contribution is -2.55. The molecule has 4 N–H and O–H groups in total. The van der Waals surface area contributed by atoms with Crippen LogP contribution in [0.15, 0.2) is 53.7 Å². The third-order valence-electron chi connectivity index (χ3n) is 6.93. The Morgan fingerprint density at radius 2 is 2.03 bits per heavy atom. The number of carbonyl (C=O) groups excluding carboxylic acids is 1. The molecule has 2 aromatic heterocycles. The zero-order valence-electron chi connectivity index (χ0n) is 22.0. The molecule has 1 fully saturated rings. The smallest absolute Gasteiger partial charge is 0.241 e. The van der Waals surface area contributed by atoms with Crippen LogP contribution >= 0.6 is 11.8 Å². The highest BCUT2D eigenvalue weighted by atomic mass is 32.2. The van der Waals surface area contributed by atoms with Crippen LogP contribution in [0, 0.1) is 11.6 Å². The Morgan fingerprint density at radius 3 is 2.79 bits per heavy atom. The summed E-state index contributed by atoms with van der Waals surface area (Å²) in [4.78, 5) is 27.5. The second-order valence-corrected chi connectivity index (χ2v) is 10.4. The monoisotopic (exact) mass is 551 g/mol. The summed E-state index contributed by atoms with van der Waals surface area (Å²) in [6.45, 7) is 6.58. The zero-order chi connectivity index (χ0) is 27.5. The number of anilines is 3. The number of carbonyl (C=O) groups is 1. The first-order valence-electron chi connectivity index (χ1n) is 12.9. The summed E-state index contributed by atoms with van der Waals surface area (Å²) < 4.78 is 29.7. The van der Waals surface area contributed by atoms with Gasteiger partial charge in [0.15, 0.2) is 11.6 Å². The Labute approximate surface area is 230 Å². The standard InChI is InChI=1S/C28H31F2N7OS/c1-4-22(37-12-11-31-16(2)15-37)27(38)34-21-9-5-7-17-18(13-32-26(17)21)25-19(29)14-33-28(36-25)35-20-8-6-10-23(39-3)24(20)30/h5-10,13-14,16,22,31-32H,4,11-12,15H2,1-3H3,(H,34,38)(H,33,35,36). The Morgan fingerprint density at radius 1 is 1.23 bits per heavy atom. The molecule has 5 rings (SSSR count). The molecule has 8 nitrogen and oxygen atoms in total. The van der Waals surface area contributed by atoms with Crippen molar-refractivity contribution in [3.05, 3.63) is 60.4 Å². The van der Waals surface area contributed by atoms with Crippen LogP contribution < -0.4 is 16.0 Å². The van der Waals surface area contributed by atoms with E-state index in [4.69, 9.17) is 0 Å². The average molecular weight is 552 g/mol. The summed E-state index contributed by atoms with van der Waals surface area (Å²) in [5.74, 6) is -1.05. The number of aromatic nitrogens is 3. The molecule has 0 spiro atoms. The highest BCUT2D eigenvalue weighted by Crippen LogP contribution is 2.34. The molecule has 0 bridgehead atoms. The van der Waals surface area contributed by atoms with Gasteiger partial charge in [0, 0.05) is 47.7 Å². The fourth-order valence-electron chi connectivity index (χ4n) is 5.03. The molecule has 0 saturated carbocycles. The van der Waals surface area contributed by atoms with E-state index < -0.39 is 11.6 Å². The number of aromatic amines is 1. The molecule has 2 unspecified atom stereocenters. The van der Waals surface area contributed by atoms with Crippen molar-refractivity contribution in [3.8, 4) is 11.3 Å². The highest BCUT2D eigenvalue weighted by molar-refractivity contribution is 7.98. The van der Waals surface area contributed by atoms with Gasteiger partial charge in [-0.25, -0.2) is 18.7 Å². The van der Waals surface area contributed by atoms with Crippen molar-refractivity contribution in [1.82, 2.24) is 25.2 Å². The highest BCUT2D eigenvalue weighted by Gasteiger charge is 2.28. The number of thioether (sulfide) groups is 1. The van der Waals surface area contributed by atoms with E-state index >= 15 is 0 Å². The molecule has 0 aliphatic carbocycles. The van der Waals surface area contributed by atoms with Gasteiger partial charge in [-0.15, -0.1) is 11.8 Å². The second-order valence-electron chi connectivity index (χ2n) is 9.53. The first-order valence-corrected chi connectivity index (χ1v) is 14.1. The van der Waals surface area contributed by atoms with Gasteiger partial charge >= 0.3 is 0 Å². The van der Waals surface area contributed by atoms with E-state index in [0.717, 1.165) is 25.8 Å². The molecule has 2 aromatic carbocycles. The predicted octanol–water partition coefficient (Wildman–Crippen LogP) is 5.38. The summed E-state index contributed by atoms with van der Waals surface area (Å²) in [6.07, 6.45) is 5.19. The van der Waals surface area contributed by atoms with Gasteiger partial charge in [-0.3, -0.25) is 9.69 Å². The van der Waals surface area contributed by atoms with Crippen molar-refractivity contribution in [3.63, 3.8) is 0 Å². The minimum absolute atomic E-state index is 0.0601. The Balaban J connectivity index is 1.42. The number of nitrogens with one attached hydrogen (secondary N) is 4. The third-order valence-corrected chi connectivity index (χ3v) is 7.69. The number of fused-ring (bicyclic) bond motifs is 1. The van der Waals surface area contributed by atoms with E-state index in [1.807, 2.05) is 25.1 Å². The molecule has 1 amide bonds. The maximum absolute atomic E-state index is 15.0. The van der Waals surface area contributed by atoms with E-state index in [0.29, 0.717) is 39.5 Å². The number of nitrogens with zero attached hydrogens (tertiary/aromatic N) is 3. The zero-order valence-corrected chi connectivity index (χ0v) is 22.8. The molecule has 39 heavy (non-hydrogen) atoms. The third kappa shape index (κ3) is 5.61. The summed E-state index contributed by atoms with van der Waals surface area (Å²) in [6, 6.07) is 10.5. The maximum Gasteiger partial charge on any atom is 0.241 e. The van der Waals surface area contributed by atoms with Crippen molar-refractivity contribution >= 4 is 45.9 Å². The van der Waals surface area contributed by atoms with Crippen molar-refractivity contribution in [2.45, 2.75) is 37.2 Å². The normalized spacial score (nSPS) is 16.8. The Hall–Kier alpha value is -3.54. The molecule has 0 radical (unpaired) electrons. The molecule has 2 atom stereocenters. The number of H-pyrrole nitrogens is 1. The van der Waals surface area contributed by atoms with Gasteiger partial charge in [0.1, 0.15) is 5.69 Å². The minimum Gasteiger partial charge on any atom is -0.359 e. The number of para-hydroxylation sites is 1. The molecule has 4 aromatic rings. The number of rotatable bonds is 8. The molecule has 3 heterocycles. The van der Waals surface area contributed by atoms with Gasteiger partial charge in [0.05, 0.1) is 29.1 Å². The summed E-state index contributed by atoms with van der Waals surface area (Å²) >= 11 is 1.29. The lowest BCUT2D eigenvalue weighted by atomic mass is 10.1. The number of amides is 1. The summed E-state index contributed by atoms with van der Waals surface area (Å²) in [5.41, 5.74) is 2.03. The quantitative estimate of drug-likeness (QED) is 0.218. The van der Waals surface area contributed by atoms with Crippen LogP contribution in [0.5, 0.6) is 0 Å². The summed E-state index contributed by atoms with van der Waals surface area (Å²) in [7, 11) is 0. The lowest BCUT2D eigenvalue weighted by Gasteiger charge is -2.36. The largest absolute Gasteiger partial charge is 0.359 e. The molecule has 1 aliphatic rings. The van der Waals surface area contributed by atoms with Crippen molar-refractivity contribution in [2.75, 3.05) is 36.5 Å². The molecular weight excluding hydrogens is 520 g/mol. The van der Waals surface area contributed by atoms with Gasteiger partial charge in [0.25, 0.3) is 0 Å². The van der Waals surface area contributed by atoms with Gasteiger partial charge in [-0.1, -0.05) is 25.1 Å². The van der Waals surface area contributed by atoms with Gasteiger partial charge < -0.3 is 20.9 Å². The predicted molar refractivity (Wildman–Crippen MR) is 152 cm³/mol. The van der Waals surface area contributed by atoms with Crippen LogP contribution in [0.25, 0.3) is 22.2 Å². The van der Waals surface area contributed by atoms with E-state index in [-0.39, 0.29) is 29.3 Å². The Kier molecular flexibility index (Phi) is 8.10. The molecule has 1 aliphatic heterocycles. The SMILES string of the molecule is CCC(C(=O)Nc1cccc2c(-c3nc(Nc4cccc(SC)c4F)ncc3F)c[nH]c12)N1CCNC(C)C1. The number of piperazine rings is 1. The summed E-state index contributed by atoms with van der Waals surface area (Å²) in [5, 5.41) is 10.0. The fourth-order valence-corrected chi connectivity index (χ4v) is 5.53. The first kappa shape index (κ1) is 27.0. The molecular formula is C28H31F2N7OS. The van der Waals surface area contributed by atoms with Crippen LogP contribution in [-0.4, -0.2) is 63.7 Å². The molecule has 1 saturated heterocycles. The first-order chi connectivity index (χ1) is 18.9. The number of halogens is 2. The second kappa shape index (κ2) is 11.7. The van der Waals surface area contributed by atoms with Crippen LogP contribution in [0.1, 0.15) is 20.3 Å². The van der Waals surface area contributed by atoms with Crippen LogP contribution in [-0.2, 0) is 4.79 Å². The topological polar surface area (TPSA) is 98.0 Å². The average Bonchev–Trinajstić information content (AvgIpc) is 3.36. The van der Waals surface area contributed by atoms with Crippen molar-refractivity contribution in [1.29, 1.82) is 0 Å². The fraction of sp³-hybridized carbons (Fsp3) is 0.321. The molecule has 11 heteroatoms. The lowest BCUT2D eigenvalue weighted by molar-refractivity contribution is -0.121. The Bertz CT molecular complexity index is 1490. The van der Waals surface area contributed by atoms with Gasteiger partial charge in [-0.05, 0) is 37.8 Å². The minimum atomic E-state index is -0.618. The molecule has 204 valence electrons. The van der Waals surface area contributed by atoms with E-state index in [1.165, 1.54) is 11.8 Å². The van der Waals surface area contributed by atoms with Crippen molar-refractivity contribution < 1.29 is 13.6 Å².